The van der Waals surface area contributed by atoms with Crippen LogP contribution in [-0.2, 0) is 0 Å². The van der Waals surface area contributed by atoms with Gasteiger partial charge in [-0.15, -0.1) is 0 Å². The Morgan fingerprint density at radius 2 is 1.50 bits per heavy atom. The Labute approximate surface area is 153 Å². The average molecular weight is 346 g/mol. The van der Waals surface area contributed by atoms with E-state index in [1.807, 2.05) is 81.4 Å². The number of aromatic nitrogens is 2. The lowest BCUT2D eigenvalue weighted by atomic mass is 10.1. The number of rotatable bonds is 4. The lowest BCUT2D eigenvalue weighted by molar-refractivity contribution is 0.102. The van der Waals surface area contributed by atoms with Crippen LogP contribution in [0.1, 0.15) is 31.3 Å². The van der Waals surface area contributed by atoms with Crippen molar-refractivity contribution in [3.63, 3.8) is 0 Å². The van der Waals surface area contributed by atoms with Crippen molar-refractivity contribution in [2.45, 2.75) is 26.3 Å². The first-order valence-corrected chi connectivity index (χ1v) is 8.50. The van der Waals surface area contributed by atoms with Crippen LogP contribution < -0.4 is 10.6 Å². The number of nitrogens with zero attached hydrogens (tertiary/aromatic N) is 2. The molecule has 1 heterocycles. The van der Waals surface area contributed by atoms with E-state index in [1.54, 1.807) is 6.07 Å². The maximum absolute atomic E-state index is 12.7. The van der Waals surface area contributed by atoms with Crippen LogP contribution in [0.15, 0.2) is 66.7 Å². The number of carbonyl (C=O) groups excluding carboxylic acids is 1. The highest BCUT2D eigenvalue weighted by atomic mass is 16.1. The maximum Gasteiger partial charge on any atom is 0.274 e. The molecule has 0 atom stereocenters. The monoisotopic (exact) mass is 346 g/mol. The zero-order valence-electron chi connectivity index (χ0n) is 15.2. The molecule has 0 aliphatic carbocycles. The van der Waals surface area contributed by atoms with Crippen LogP contribution in [-0.4, -0.2) is 21.4 Å². The summed E-state index contributed by atoms with van der Waals surface area (Å²) in [6.07, 6.45) is 0. The van der Waals surface area contributed by atoms with Crippen molar-refractivity contribution >= 4 is 17.4 Å². The Bertz CT molecular complexity index is 887. The van der Waals surface area contributed by atoms with E-state index in [0.717, 1.165) is 11.3 Å². The first-order valence-electron chi connectivity index (χ1n) is 8.50. The quantitative estimate of drug-likeness (QED) is 0.724. The fourth-order valence-electron chi connectivity index (χ4n) is 2.44. The van der Waals surface area contributed by atoms with Crippen molar-refractivity contribution in [3.8, 4) is 11.4 Å². The molecule has 3 rings (SSSR count). The zero-order valence-corrected chi connectivity index (χ0v) is 15.2. The first kappa shape index (κ1) is 17.6. The van der Waals surface area contributed by atoms with E-state index >= 15 is 0 Å². The molecule has 0 saturated carbocycles. The van der Waals surface area contributed by atoms with E-state index in [0.29, 0.717) is 17.3 Å². The van der Waals surface area contributed by atoms with E-state index < -0.39 is 0 Å². The van der Waals surface area contributed by atoms with Gasteiger partial charge in [0.15, 0.2) is 5.82 Å². The normalized spacial score (nSPS) is 11.0. The van der Waals surface area contributed by atoms with Gasteiger partial charge in [-0.2, -0.15) is 0 Å². The second kappa shape index (κ2) is 7.35. The van der Waals surface area contributed by atoms with Crippen LogP contribution in [0, 0.1) is 0 Å². The molecule has 0 unspecified atom stereocenters. The van der Waals surface area contributed by atoms with E-state index in [2.05, 4.69) is 20.6 Å². The molecule has 0 bridgehead atoms. The Balaban J connectivity index is 1.98. The van der Waals surface area contributed by atoms with Crippen LogP contribution >= 0.6 is 0 Å². The van der Waals surface area contributed by atoms with Gasteiger partial charge >= 0.3 is 0 Å². The second-order valence-corrected chi connectivity index (χ2v) is 7.02. The zero-order chi connectivity index (χ0) is 18.6. The van der Waals surface area contributed by atoms with Crippen molar-refractivity contribution < 1.29 is 4.79 Å². The topological polar surface area (TPSA) is 66.9 Å². The van der Waals surface area contributed by atoms with Gasteiger partial charge in [-0.1, -0.05) is 48.5 Å². The van der Waals surface area contributed by atoms with Gasteiger partial charge < -0.3 is 10.6 Å². The number of hydrogen-bond donors (Lipinski definition) is 2. The number of para-hydroxylation sites is 1. The van der Waals surface area contributed by atoms with Crippen molar-refractivity contribution in [2.24, 2.45) is 0 Å². The SMILES string of the molecule is CC(C)(C)Nc1cc(C(=O)Nc2ccccc2)nc(-c2ccccc2)n1. The van der Waals surface area contributed by atoms with Crippen LogP contribution in [0.3, 0.4) is 0 Å². The largest absolute Gasteiger partial charge is 0.365 e. The molecule has 0 aliphatic rings. The Kier molecular flexibility index (Phi) is 4.98. The van der Waals surface area contributed by atoms with Crippen LogP contribution in [0.2, 0.25) is 0 Å². The molecule has 1 aromatic heterocycles. The number of benzene rings is 2. The van der Waals surface area contributed by atoms with Gasteiger partial charge in [-0.25, -0.2) is 9.97 Å². The third-order valence-corrected chi connectivity index (χ3v) is 3.53. The fraction of sp³-hybridized carbons (Fsp3) is 0.190. The third kappa shape index (κ3) is 4.66. The molecule has 2 aromatic carbocycles. The second-order valence-electron chi connectivity index (χ2n) is 7.02. The summed E-state index contributed by atoms with van der Waals surface area (Å²) in [6, 6.07) is 20.6. The van der Waals surface area contributed by atoms with Crippen LogP contribution in [0.25, 0.3) is 11.4 Å². The molecule has 0 fully saturated rings. The minimum absolute atomic E-state index is 0.185. The van der Waals surface area contributed by atoms with Crippen molar-refractivity contribution in [1.82, 2.24) is 9.97 Å². The van der Waals surface area contributed by atoms with E-state index in [4.69, 9.17) is 0 Å². The highest BCUT2D eigenvalue weighted by Gasteiger charge is 2.16. The van der Waals surface area contributed by atoms with Gasteiger partial charge in [0.2, 0.25) is 0 Å². The lowest BCUT2D eigenvalue weighted by Crippen LogP contribution is -2.27. The lowest BCUT2D eigenvalue weighted by Gasteiger charge is -2.22. The molecule has 2 N–H and O–H groups in total. The van der Waals surface area contributed by atoms with Gasteiger partial charge in [0.25, 0.3) is 5.91 Å². The molecule has 0 spiro atoms. The predicted molar refractivity (Wildman–Crippen MR) is 105 cm³/mol. The van der Waals surface area contributed by atoms with Crippen LogP contribution in [0.5, 0.6) is 0 Å². The number of anilines is 2. The Morgan fingerprint density at radius 1 is 0.885 bits per heavy atom. The molecule has 26 heavy (non-hydrogen) atoms. The van der Waals surface area contributed by atoms with Crippen molar-refractivity contribution in [1.29, 1.82) is 0 Å². The number of carbonyl (C=O) groups is 1. The first-order chi connectivity index (χ1) is 12.4. The van der Waals surface area contributed by atoms with Gasteiger partial charge in [0.05, 0.1) is 0 Å². The molecular weight excluding hydrogens is 324 g/mol. The minimum Gasteiger partial charge on any atom is -0.365 e. The van der Waals surface area contributed by atoms with E-state index in [9.17, 15) is 4.79 Å². The minimum atomic E-state index is -0.271. The number of nitrogens with one attached hydrogen (secondary N) is 2. The highest BCUT2D eigenvalue weighted by Crippen LogP contribution is 2.20. The molecule has 3 aromatic rings. The third-order valence-electron chi connectivity index (χ3n) is 3.53. The number of hydrogen-bond acceptors (Lipinski definition) is 4. The fourth-order valence-corrected chi connectivity index (χ4v) is 2.44. The molecule has 5 nitrogen and oxygen atoms in total. The smallest absolute Gasteiger partial charge is 0.274 e. The Hall–Kier alpha value is -3.21. The summed E-state index contributed by atoms with van der Waals surface area (Å²) in [5.41, 5.74) is 1.71. The standard InChI is InChI=1S/C21H22N4O/c1-21(2,3)25-18-14-17(20(26)22-16-12-8-5-9-13-16)23-19(24-18)15-10-6-4-7-11-15/h4-14H,1-3H3,(H,22,26)(H,23,24,25). The maximum atomic E-state index is 12.7. The van der Waals surface area contributed by atoms with E-state index in [1.165, 1.54) is 0 Å². The average Bonchev–Trinajstić information content (AvgIpc) is 2.61. The molecule has 0 saturated heterocycles. The van der Waals surface area contributed by atoms with Gasteiger partial charge in [-0.3, -0.25) is 4.79 Å². The van der Waals surface area contributed by atoms with Crippen molar-refractivity contribution in [2.75, 3.05) is 10.6 Å². The molecule has 1 amide bonds. The molecule has 5 heteroatoms. The van der Waals surface area contributed by atoms with Crippen LogP contribution in [0.4, 0.5) is 11.5 Å². The number of amides is 1. The molecule has 0 aliphatic heterocycles. The molecule has 0 radical (unpaired) electrons. The van der Waals surface area contributed by atoms with Gasteiger partial charge in [0, 0.05) is 22.9 Å². The summed E-state index contributed by atoms with van der Waals surface area (Å²) in [6.45, 7) is 6.13. The summed E-state index contributed by atoms with van der Waals surface area (Å²) in [7, 11) is 0. The van der Waals surface area contributed by atoms with E-state index in [-0.39, 0.29) is 11.4 Å². The summed E-state index contributed by atoms with van der Waals surface area (Å²) in [5, 5.41) is 6.19. The summed E-state index contributed by atoms with van der Waals surface area (Å²) in [5.74, 6) is 0.857. The van der Waals surface area contributed by atoms with Crippen molar-refractivity contribution in [3.05, 3.63) is 72.4 Å². The summed E-state index contributed by atoms with van der Waals surface area (Å²) < 4.78 is 0. The van der Waals surface area contributed by atoms with Gasteiger partial charge in [0.1, 0.15) is 11.5 Å². The highest BCUT2D eigenvalue weighted by molar-refractivity contribution is 6.03. The summed E-state index contributed by atoms with van der Waals surface area (Å²) in [4.78, 5) is 21.7. The predicted octanol–water partition coefficient (Wildman–Crippen LogP) is 4.61. The van der Waals surface area contributed by atoms with Gasteiger partial charge in [-0.05, 0) is 32.9 Å². The summed E-state index contributed by atoms with van der Waals surface area (Å²) >= 11 is 0. The Morgan fingerprint density at radius 3 is 2.12 bits per heavy atom. The molecular formula is C21H22N4O. The molecule has 132 valence electrons.